The number of nitrogens with zero attached hydrogens (tertiary/aromatic N) is 3. The first kappa shape index (κ1) is 19.4. The summed E-state index contributed by atoms with van der Waals surface area (Å²) in [7, 11) is 1.85. The van der Waals surface area contributed by atoms with Gasteiger partial charge in [0.1, 0.15) is 0 Å². The van der Waals surface area contributed by atoms with Crippen LogP contribution in [0.4, 0.5) is 11.4 Å². The van der Waals surface area contributed by atoms with Crippen LogP contribution in [0.1, 0.15) is 18.4 Å². The molecule has 0 amide bonds. The fraction of sp³-hybridized carbons (Fsp3) is 0.375. The van der Waals surface area contributed by atoms with Crippen molar-refractivity contribution in [3.05, 3.63) is 72.3 Å². The molecule has 152 valence electrons. The molecule has 1 saturated heterocycles. The zero-order valence-corrected chi connectivity index (χ0v) is 17.2. The van der Waals surface area contributed by atoms with Crippen molar-refractivity contribution >= 4 is 17.3 Å². The molecule has 0 saturated carbocycles. The first-order chi connectivity index (χ1) is 14.3. The lowest BCUT2D eigenvalue weighted by Gasteiger charge is -2.34. The number of hydrogen-bond acceptors (Lipinski definition) is 3. The first-order valence-electron chi connectivity index (χ1n) is 10.6. The van der Waals surface area contributed by atoms with Crippen molar-refractivity contribution in [2.75, 3.05) is 43.0 Å². The Kier molecular flexibility index (Phi) is 6.35. The van der Waals surface area contributed by atoms with Gasteiger partial charge in [-0.1, -0.05) is 42.5 Å². The Bertz CT molecular complexity index is 829. The van der Waals surface area contributed by atoms with Crippen molar-refractivity contribution in [2.45, 2.75) is 25.4 Å². The average molecular weight is 390 g/mol. The predicted octanol–water partition coefficient (Wildman–Crippen LogP) is 3.40. The van der Waals surface area contributed by atoms with Crippen LogP contribution >= 0.6 is 0 Å². The Morgan fingerprint density at radius 2 is 1.66 bits per heavy atom. The van der Waals surface area contributed by atoms with Crippen LogP contribution in [0.2, 0.25) is 0 Å². The fourth-order valence-electron chi connectivity index (χ4n) is 4.05. The van der Waals surface area contributed by atoms with Crippen LogP contribution in [0.5, 0.6) is 0 Å². The summed E-state index contributed by atoms with van der Waals surface area (Å²) >= 11 is 0. The van der Waals surface area contributed by atoms with Gasteiger partial charge >= 0.3 is 0 Å². The molecule has 2 aromatic carbocycles. The van der Waals surface area contributed by atoms with Gasteiger partial charge in [0.25, 0.3) is 0 Å². The number of anilines is 2. The number of aliphatic imine (C=N–C) groups is 1. The van der Waals surface area contributed by atoms with E-state index >= 15 is 0 Å². The lowest BCUT2D eigenvalue weighted by Crippen LogP contribution is -2.48. The third-order valence-corrected chi connectivity index (χ3v) is 5.73. The van der Waals surface area contributed by atoms with E-state index in [9.17, 15) is 0 Å². The quantitative estimate of drug-likeness (QED) is 0.467. The summed E-state index contributed by atoms with van der Waals surface area (Å²) in [4.78, 5) is 9.27. The highest BCUT2D eigenvalue weighted by Crippen LogP contribution is 2.20. The second-order valence-electron chi connectivity index (χ2n) is 7.71. The van der Waals surface area contributed by atoms with Gasteiger partial charge in [0.05, 0.1) is 0 Å². The molecule has 0 aromatic heterocycles. The third kappa shape index (κ3) is 5.11. The molecule has 1 fully saturated rings. The van der Waals surface area contributed by atoms with E-state index in [1.807, 2.05) is 7.05 Å². The Morgan fingerprint density at radius 1 is 0.931 bits per heavy atom. The number of benzene rings is 2. The maximum absolute atomic E-state index is 4.43. The highest BCUT2D eigenvalue weighted by atomic mass is 15.2. The lowest BCUT2D eigenvalue weighted by molar-refractivity contribution is 0.461. The fourth-order valence-corrected chi connectivity index (χ4v) is 4.05. The van der Waals surface area contributed by atoms with Gasteiger partial charge in [0.15, 0.2) is 5.96 Å². The second kappa shape index (κ2) is 9.50. The SMILES string of the molecule is CN=C(NCc1cccc(N2CC=CC2)c1)NC1CCN(c2ccccc2)CC1. The maximum atomic E-state index is 4.43. The number of guanidine groups is 1. The molecule has 0 atom stereocenters. The van der Waals surface area contributed by atoms with Crippen LogP contribution in [-0.2, 0) is 6.54 Å². The van der Waals surface area contributed by atoms with Crippen LogP contribution in [0.25, 0.3) is 0 Å². The van der Waals surface area contributed by atoms with Gasteiger partial charge in [-0.2, -0.15) is 0 Å². The van der Waals surface area contributed by atoms with Gasteiger partial charge in [0, 0.05) is 57.2 Å². The van der Waals surface area contributed by atoms with Crippen LogP contribution in [0.3, 0.4) is 0 Å². The van der Waals surface area contributed by atoms with E-state index in [0.717, 1.165) is 51.5 Å². The molecular weight excluding hydrogens is 358 g/mol. The van der Waals surface area contributed by atoms with Gasteiger partial charge in [-0.25, -0.2) is 0 Å². The molecule has 0 aliphatic carbocycles. The third-order valence-electron chi connectivity index (χ3n) is 5.73. The summed E-state index contributed by atoms with van der Waals surface area (Å²) in [5.41, 5.74) is 3.88. The average Bonchev–Trinajstić information content (AvgIpc) is 3.33. The van der Waals surface area contributed by atoms with E-state index in [0.29, 0.717) is 6.04 Å². The largest absolute Gasteiger partial charge is 0.371 e. The molecular formula is C24H31N5. The van der Waals surface area contributed by atoms with Crippen molar-refractivity contribution in [1.82, 2.24) is 10.6 Å². The van der Waals surface area contributed by atoms with Crippen LogP contribution in [-0.4, -0.2) is 45.2 Å². The van der Waals surface area contributed by atoms with Gasteiger partial charge in [-0.15, -0.1) is 0 Å². The molecule has 5 heteroatoms. The minimum Gasteiger partial charge on any atom is -0.371 e. The van der Waals surface area contributed by atoms with Gasteiger partial charge < -0.3 is 20.4 Å². The molecule has 2 aliphatic heterocycles. The van der Waals surface area contributed by atoms with Crippen molar-refractivity contribution in [3.63, 3.8) is 0 Å². The summed E-state index contributed by atoms with van der Waals surface area (Å²) in [6.45, 7) is 4.93. The highest BCUT2D eigenvalue weighted by molar-refractivity contribution is 5.80. The number of piperidine rings is 1. The molecule has 2 aliphatic rings. The Morgan fingerprint density at radius 3 is 2.38 bits per heavy atom. The van der Waals surface area contributed by atoms with E-state index in [1.54, 1.807) is 0 Å². The minimum atomic E-state index is 0.461. The molecule has 0 radical (unpaired) electrons. The molecule has 0 bridgehead atoms. The van der Waals surface area contributed by atoms with E-state index in [-0.39, 0.29) is 0 Å². The highest BCUT2D eigenvalue weighted by Gasteiger charge is 2.20. The topological polar surface area (TPSA) is 42.9 Å². The Labute approximate surface area is 174 Å². The Balaban J connectivity index is 1.26. The summed E-state index contributed by atoms with van der Waals surface area (Å²) in [5, 5.41) is 7.09. The standard InChI is InChI=1S/C24H31N5/c1-25-24(26-19-20-8-7-11-23(18-20)28-14-5-6-15-28)27-21-12-16-29(17-13-21)22-9-3-2-4-10-22/h2-11,18,21H,12-17,19H2,1H3,(H2,25,26,27). The summed E-state index contributed by atoms with van der Waals surface area (Å²) in [6, 6.07) is 19.9. The number of para-hydroxylation sites is 1. The van der Waals surface area contributed by atoms with Gasteiger partial charge in [-0.05, 0) is 42.7 Å². The molecule has 2 aromatic rings. The van der Waals surface area contributed by atoms with E-state index in [4.69, 9.17) is 0 Å². The first-order valence-corrected chi connectivity index (χ1v) is 10.6. The zero-order chi connectivity index (χ0) is 19.9. The zero-order valence-electron chi connectivity index (χ0n) is 17.2. The minimum absolute atomic E-state index is 0.461. The second-order valence-corrected chi connectivity index (χ2v) is 7.71. The molecule has 5 nitrogen and oxygen atoms in total. The monoisotopic (exact) mass is 389 g/mol. The number of nitrogens with one attached hydrogen (secondary N) is 2. The summed E-state index contributed by atoms with van der Waals surface area (Å²) < 4.78 is 0. The molecule has 29 heavy (non-hydrogen) atoms. The maximum Gasteiger partial charge on any atom is 0.191 e. The molecule has 2 N–H and O–H groups in total. The van der Waals surface area contributed by atoms with E-state index in [1.165, 1.54) is 16.9 Å². The smallest absolute Gasteiger partial charge is 0.191 e. The molecule has 2 heterocycles. The van der Waals surface area contributed by atoms with Crippen molar-refractivity contribution in [2.24, 2.45) is 4.99 Å². The number of rotatable bonds is 5. The van der Waals surface area contributed by atoms with Crippen molar-refractivity contribution in [1.29, 1.82) is 0 Å². The summed E-state index contributed by atoms with van der Waals surface area (Å²) in [5.74, 6) is 0.886. The van der Waals surface area contributed by atoms with Crippen LogP contribution < -0.4 is 20.4 Å². The predicted molar refractivity (Wildman–Crippen MR) is 123 cm³/mol. The van der Waals surface area contributed by atoms with Gasteiger partial charge in [0.2, 0.25) is 0 Å². The van der Waals surface area contributed by atoms with Crippen LogP contribution in [0, 0.1) is 0 Å². The molecule has 0 spiro atoms. The lowest BCUT2D eigenvalue weighted by atomic mass is 10.0. The summed E-state index contributed by atoms with van der Waals surface area (Å²) in [6.07, 6.45) is 6.68. The number of hydrogen-bond donors (Lipinski definition) is 2. The van der Waals surface area contributed by atoms with Crippen molar-refractivity contribution in [3.8, 4) is 0 Å². The Hall–Kier alpha value is -2.95. The van der Waals surface area contributed by atoms with Gasteiger partial charge in [-0.3, -0.25) is 4.99 Å². The van der Waals surface area contributed by atoms with Crippen LogP contribution in [0.15, 0.2) is 71.7 Å². The van der Waals surface area contributed by atoms with Crippen molar-refractivity contribution < 1.29 is 0 Å². The molecule has 0 unspecified atom stereocenters. The van der Waals surface area contributed by atoms with E-state index in [2.05, 4.69) is 92.2 Å². The molecule has 4 rings (SSSR count). The normalized spacial score (nSPS) is 17.6. The van der Waals surface area contributed by atoms with E-state index < -0.39 is 0 Å².